The summed E-state index contributed by atoms with van der Waals surface area (Å²) in [5.41, 5.74) is 36.4. The van der Waals surface area contributed by atoms with Gasteiger partial charge in [0.25, 0.3) is 0 Å². The Balaban J connectivity index is 1.49. The molecule has 0 radical (unpaired) electrons. The Labute approximate surface area is 310 Å². The summed E-state index contributed by atoms with van der Waals surface area (Å²) in [5, 5.41) is 67.4. The van der Waals surface area contributed by atoms with Crippen LogP contribution in [0.1, 0.15) is 64.7 Å². The first-order chi connectivity index (χ1) is 25.2. The monoisotopic (exact) mass is 767 g/mol. The van der Waals surface area contributed by atoms with Crippen molar-refractivity contribution >= 4 is 5.91 Å². The molecule has 0 bridgehead atoms. The van der Waals surface area contributed by atoms with Crippen molar-refractivity contribution in [3.8, 4) is 0 Å². The molecule has 20 heteroatoms. The van der Waals surface area contributed by atoms with Gasteiger partial charge in [-0.1, -0.05) is 45.4 Å². The lowest BCUT2D eigenvalue weighted by Crippen LogP contribution is -2.68. The van der Waals surface area contributed by atoms with Gasteiger partial charge in [0.05, 0.1) is 18.2 Å². The molecular weight excluding hydrogens is 702 g/mol. The number of aliphatic hydroxyl groups is 6. The summed E-state index contributed by atoms with van der Waals surface area (Å²) >= 11 is 0. The predicted octanol–water partition coefficient (Wildman–Crippen LogP) is -5.63. The van der Waals surface area contributed by atoms with E-state index in [9.17, 15) is 35.4 Å². The molecule has 0 aromatic carbocycles. The fourth-order valence-corrected chi connectivity index (χ4v) is 7.31. The normalized spacial score (nSPS) is 45.0. The quantitative estimate of drug-likeness (QED) is 0.0578. The highest BCUT2D eigenvalue weighted by Gasteiger charge is 2.54. The zero-order valence-corrected chi connectivity index (χ0v) is 30.5. The number of amides is 1. The lowest BCUT2D eigenvalue weighted by molar-refractivity contribution is -0.306. The van der Waals surface area contributed by atoms with E-state index in [0.717, 1.165) is 32.1 Å². The lowest BCUT2D eigenvalue weighted by Gasteiger charge is -2.47. The minimum atomic E-state index is -1.61. The second-order valence-electron chi connectivity index (χ2n) is 14.7. The van der Waals surface area contributed by atoms with Gasteiger partial charge in [0.1, 0.15) is 67.1 Å². The van der Waals surface area contributed by atoms with Crippen LogP contribution in [0.4, 0.5) is 0 Å². The topological polar surface area (TPSA) is 362 Å². The second kappa shape index (κ2) is 20.8. The SMILES string of the molecule is CCCCCCCCCC(=O)NC[C@H]1O[C@@H](O[C@@H]2[C@@H](O)[C@H](N)C[C@H](N)[C@H]2O[C@H]2O[C@H](CN)[C@@H](O)[C@H](O)[C@H]2N)[C@H](O)[C@@H]1O[C@H]1O[C@@H](CN)[C@@H](O)[C@H](O)[C@H]1N. The fourth-order valence-electron chi connectivity index (χ4n) is 7.31. The molecule has 1 amide bonds. The minimum absolute atomic E-state index is 0.0831. The highest BCUT2D eigenvalue weighted by molar-refractivity contribution is 5.75. The summed E-state index contributed by atoms with van der Waals surface area (Å²) in [5.74, 6) is -0.243. The van der Waals surface area contributed by atoms with Crippen molar-refractivity contribution in [1.29, 1.82) is 0 Å². The molecule has 0 unspecified atom stereocenters. The van der Waals surface area contributed by atoms with Gasteiger partial charge in [0, 0.05) is 38.1 Å². The molecular formula is C33H65N7O13. The van der Waals surface area contributed by atoms with Gasteiger partial charge in [-0.25, -0.2) is 0 Å². The van der Waals surface area contributed by atoms with Crippen LogP contribution in [0, 0.1) is 0 Å². The fraction of sp³-hybridized carbons (Fsp3) is 0.970. The van der Waals surface area contributed by atoms with Crippen LogP contribution < -0.4 is 39.7 Å². The van der Waals surface area contributed by atoms with Crippen molar-refractivity contribution in [2.45, 2.75) is 181 Å². The van der Waals surface area contributed by atoms with Gasteiger partial charge in [-0.2, -0.15) is 0 Å². The Morgan fingerprint density at radius 3 is 1.64 bits per heavy atom. The molecule has 3 saturated heterocycles. The van der Waals surface area contributed by atoms with E-state index in [1.165, 1.54) is 6.42 Å². The van der Waals surface area contributed by atoms with E-state index in [1.54, 1.807) is 0 Å². The molecule has 3 heterocycles. The third-order valence-corrected chi connectivity index (χ3v) is 10.7. The number of nitrogens with one attached hydrogen (secondary N) is 1. The smallest absolute Gasteiger partial charge is 0.220 e. The van der Waals surface area contributed by atoms with E-state index in [2.05, 4.69) is 12.2 Å². The van der Waals surface area contributed by atoms with Gasteiger partial charge in [-0.15, -0.1) is 0 Å². The summed E-state index contributed by atoms with van der Waals surface area (Å²) in [7, 11) is 0. The van der Waals surface area contributed by atoms with Crippen molar-refractivity contribution in [3.63, 3.8) is 0 Å². The second-order valence-corrected chi connectivity index (χ2v) is 14.7. The first-order valence-corrected chi connectivity index (χ1v) is 18.9. The van der Waals surface area contributed by atoms with Gasteiger partial charge in [0.15, 0.2) is 18.9 Å². The summed E-state index contributed by atoms with van der Waals surface area (Å²) < 4.78 is 36.0. The molecule has 1 saturated carbocycles. The van der Waals surface area contributed by atoms with Crippen LogP contribution >= 0.6 is 0 Å². The highest BCUT2D eigenvalue weighted by atomic mass is 16.8. The summed E-state index contributed by atoms with van der Waals surface area (Å²) in [6, 6.07) is -4.24. The number of aliphatic hydroxyl groups excluding tert-OH is 6. The molecule has 19 N–H and O–H groups in total. The minimum Gasteiger partial charge on any atom is -0.389 e. The molecule has 310 valence electrons. The number of carbonyl (C=O) groups excluding carboxylic acids is 1. The lowest BCUT2D eigenvalue weighted by atomic mass is 9.84. The van der Waals surface area contributed by atoms with Crippen LogP contribution in [-0.2, 0) is 33.2 Å². The zero-order valence-electron chi connectivity index (χ0n) is 30.5. The molecule has 0 aromatic rings. The number of hydrogen-bond donors (Lipinski definition) is 13. The van der Waals surface area contributed by atoms with Crippen LogP contribution in [0.3, 0.4) is 0 Å². The van der Waals surface area contributed by atoms with E-state index < -0.39 is 116 Å². The summed E-state index contributed by atoms with van der Waals surface area (Å²) in [6.07, 6.45) is -12.3. The van der Waals surface area contributed by atoms with Gasteiger partial charge in [0.2, 0.25) is 5.91 Å². The van der Waals surface area contributed by atoms with Crippen LogP contribution in [0.2, 0.25) is 0 Å². The molecule has 3 aliphatic heterocycles. The van der Waals surface area contributed by atoms with E-state index in [4.69, 9.17) is 62.8 Å². The Morgan fingerprint density at radius 1 is 0.604 bits per heavy atom. The maximum absolute atomic E-state index is 12.8. The highest BCUT2D eigenvalue weighted by Crippen LogP contribution is 2.34. The van der Waals surface area contributed by atoms with Crippen LogP contribution in [0.25, 0.3) is 0 Å². The molecule has 53 heavy (non-hydrogen) atoms. The van der Waals surface area contributed by atoms with Crippen LogP contribution in [0.5, 0.6) is 0 Å². The molecule has 4 rings (SSSR count). The molecule has 4 aliphatic rings. The zero-order chi connectivity index (χ0) is 39.0. The summed E-state index contributed by atoms with van der Waals surface area (Å²) in [4.78, 5) is 12.8. The molecule has 1 aliphatic carbocycles. The number of ether oxygens (including phenoxy) is 6. The van der Waals surface area contributed by atoms with Crippen molar-refractivity contribution in [1.82, 2.24) is 5.32 Å². The Hall–Kier alpha value is -1.25. The molecule has 4 fully saturated rings. The molecule has 20 nitrogen and oxygen atoms in total. The van der Waals surface area contributed by atoms with Crippen molar-refractivity contribution in [2.75, 3.05) is 19.6 Å². The van der Waals surface area contributed by atoms with Crippen molar-refractivity contribution in [2.24, 2.45) is 34.4 Å². The number of hydrogen-bond acceptors (Lipinski definition) is 19. The van der Waals surface area contributed by atoms with Gasteiger partial charge in [-0.05, 0) is 12.8 Å². The number of carbonyl (C=O) groups is 1. The Kier molecular flexibility index (Phi) is 17.4. The van der Waals surface area contributed by atoms with Crippen LogP contribution in [0.15, 0.2) is 0 Å². The average molecular weight is 768 g/mol. The Bertz CT molecular complexity index is 1100. The summed E-state index contributed by atoms with van der Waals surface area (Å²) in [6.45, 7) is 1.68. The van der Waals surface area contributed by atoms with Gasteiger partial charge in [-0.3, -0.25) is 4.79 Å². The number of rotatable bonds is 18. The molecule has 0 spiro atoms. The maximum atomic E-state index is 12.8. The van der Waals surface area contributed by atoms with Gasteiger partial charge < -0.3 is 98.8 Å². The third kappa shape index (κ3) is 11.0. The molecule has 0 aromatic heterocycles. The Morgan fingerprint density at radius 2 is 1.09 bits per heavy atom. The van der Waals surface area contributed by atoms with E-state index in [0.29, 0.717) is 6.42 Å². The predicted molar refractivity (Wildman–Crippen MR) is 187 cm³/mol. The van der Waals surface area contributed by atoms with E-state index in [1.807, 2.05) is 0 Å². The number of nitrogens with two attached hydrogens (primary N) is 6. The van der Waals surface area contributed by atoms with Crippen molar-refractivity contribution < 1.29 is 63.9 Å². The number of unbranched alkanes of at least 4 members (excludes halogenated alkanes) is 6. The first kappa shape index (κ1) is 44.5. The van der Waals surface area contributed by atoms with Crippen molar-refractivity contribution in [3.05, 3.63) is 0 Å². The average Bonchev–Trinajstić information content (AvgIpc) is 3.43. The standard InChI is InChI=1S/C33H65N7O13/c1-2-3-4-5-6-7-8-9-19(41)40-13-18-29(52-32-21(39)26(46)24(44)17(12-35)49-32)27(47)33(50-18)53-30-22(42)14(36)10-15(37)28(30)51-31-20(38)25(45)23(43)16(11-34)48-31/h14-18,20-33,42-47H,2-13,34-39H2,1H3,(H,40,41)/t14-,15+,16-,17+,18-,20-,21-,22+,23-,24-,25-,26-,27-,28-,29-,30-,31-,32-,33+/m1/s1. The maximum Gasteiger partial charge on any atom is 0.220 e. The van der Waals surface area contributed by atoms with E-state index in [-0.39, 0.29) is 38.4 Å². The van der Waals surface area contributed by atoms with E-state index >= 15 is 0 Å². The first-order valence-electron chi connectivity index (χ1n) is 18.9. The third-order valence-electron chi connectivity index (χ3n) is 10.7. The molecule has 19 atom stereocenters. The van der Waals surface area contributed by atoms with Crippen LogP contribution in [-0.4, -0.2) is 172 Å². The van der Waals surface area contributed by atoms with Gasteiger partial charge >= 0.3 is 0 Å². The largest absolute Gasteiger partial charge is 0.389 e.